The Balaban J connectivity index is 2.82. The van der Waals surface area contributed by atoms with E-state index in [1.165, 1.54) is 0 Å². The lowest BCUT2D eigenvalue weighted by Crippen LogP contribution is -2.37. The van der Waals surface area contributed by atoms with Gasteiger partial charge in [0.25, 0.3) is 5.91 Å². The molecule has 0 heterocycles. The summed E-state index contributed by atoms with van der Waals surface area (Å²) in [5, 5.41) is 12.1. The highest BCUT2D eigenvalue weighted by Crippen LogP contribution is 2.18. The summed E-state index contributed by atoms with van der Waals surface area (Å²) in [5.41, 5.74) is 1.13. The van der Waals surface area contributed by atoms with Crippen molar-refractivity contribution in [2.75, 3.05) is 6.61 Å². The number of benzene rings is 1. The molecule has 2 N–H and O–H groups in total. The SMILES string of the molecule is CCC(CC)C(C)NC(=O)c1ccc(C#CCO)c(Cl)c1. The predicted molar refractivity (Wildman–Crippen MR) is 86.4 cm³/mol. The third kappa shape index (κ3) is 5.08. The zero-order valence-electron chi connectivity index (χ0n) is 12.7. The minimum Gasteiger partial charge on any atom is -0.384 e. The fourth-order valence-corrected chi connectivity index (χ4v) is 2.52. The van der Waals surface area contributed by atoms with E-state index in [1.54, 1.807) is 18.2 Å². The molecular formula is C17H22ClNO2. The van der Waals surface area contributed by atoms with E-state index in [4.69, 9.17) is 16.7 Å². The predicted octanol–water partition coefficient (Wildman–Crippen LogP) is 3.24. The van der Waals surface area contributed by atoms with Gasteiger partial charge in [-0.05, 0) is 31.0 Å². The van der Waals surface area contributed by atoms with Crippen LogP contribution in [0.1, 0.15) is 49.5 Å². The second kappa shape index (κ2) is 8.71. The zero-order valence-corrected chi connectivity index (χ0v) is 13.5. The van der Waals surface area contributed by atoms with E-state index < -0.39 is 0 Å². The van der Waals surface area contributed by atoms with Gasteiger partial charge in [0, 0.05) is 17.2 Å². The summed E-state index contributed by atoms with van der Waals surface area (Å²) in [6.07, 6.45) is 2.07. The normalized spacial score (nSPS) is 11.7. The molecule has 1 amide bonds. The molecule has 21 heavy (non-hydrogen) atoms. The fourth-order valence-electron chi connectivity index (χ4n) is 2.30. The van der Waals surface area contributed by atoms with Gasteiger partial charge in [0.15, 0.2) is 0 Å². The molecule has 0 bridgehead atoms. The van der Waals surface area contributed by atoms with Crippen LogP contribution in [0.3, 0.4) is 0 Å². The zero-order chi connectivity index (χ0) is 15.8. The molecule has 0 saturated heterocycles. The maximum atomic E-state index is 12.2. The quantitative estimate of drug-likeness (QED) is 0.821. The van der Waals surface area contributed by atoms with E-state index in [-0.39, 0.29) is 18.6 Å². The van der Waals surface area contributed by atoms with Crippen LogP contribution < -0.4 is 5.32 Å². The van der Waals surface area contributed by atoms with E-state index in [2.05, 4.69) is 31.0 Å². The first-order valence-corrected chi connectivity index (χ1v) is 7.61. The molecule has 0 spiro atoms. The van der Waals surface area contributed by atoms with Crippen molar-refractivity contribution >= 4 is 17.5 Å². The van der Waals surface area contributed by atoms with E-state index >= 15 is 0 Å². The van der Waals surface area contributed by atoms with Crippen LogP contribution in [0.4, 0.5) is 0 Å². The van der Waals surface area contributed by atoms with Crippen molar-refractivity contribution in [3.63, 3.8) is 0 Å². The first kappa shape index (κ1) is 17.6. The number of carbonyl (C=O) groups is 1. The molecule has 0 aliphatic carbocycles. The van der Waals surface area contributed by atoms with Crippen LogP contribution >= 0.6 is 11.6 Å². The highest BCUT2D eigenvalue weighted by Gasteiger charge is 2.17. The van der Waals surface area contributed by atoms with Crippen molar-refractivity contribution < 1.29 is 9.90 Å². The Bertz CT molecular complexity index is 541. The van der Waals surface area contributed by atoms with Gasteiger partial charge in [-0.3, -0.25) is 4.79 Å². The van der Waals surface area contributed by atoms with E-state index in [0.29, 0.717) is 22.1 Å². The summed E-state index contributed by atoms with van der Waals surface area (Å²) in [6.45, 7) is 6.06. The molecule has 1 atom stereocenters. The number of carbonyl (C=O) groups excluding carboxylic acids is 1. The van der Waals surface area contributed by atoms with Crippen molar-refractivity contribution in [2.45, 2.75) is 39.7 Å². The standard InChI is InChI=1S/C17H22ClNO2/c1-4-13(5-2)12(3)19-17(21)15-9-8-14(7-6-10-20)16(18)11-15/h8-9,11-13,20H,4-5,10H2,1-3H3,(H,19,21). The van der Waals surface area contributed by atoms with Crippen LogP contribution in [-0.2, 0) is 0 Å². The van der Waals surface area contributed by atoms with Gasteiger partial charge in [-0.1, -0.05) is 50.1 Å². The highest BCUT2D eigenvalue weighted by molar-refractivity contribution is 6.32. The molecule has 0 aliphatic rings. The molecular weight excluding hydrogens is 286 g/mol. The number of aliphatic hydroxyl groups is 1. The summed E-state index contributed by atoms with van der Waals surface area (Å²) in [6, 6.07) is 5.13. The summed E-state index contributed by atoms with van der Waals surface area (Å²) >= 11 is 6.10. The van der Waals surface area contributed by atoms with E-state index in [1.807, 2.05) is 6.92 Å². The highest BCUT2D eigenvalue weighted by atomic mass is 35.5. The number of aliphatic hydroxyl groups excluding tert-OH is 1. The molecule has 3 nitrogen and oxygen atoms in total. The molecule has 0 aliphatic heterocycles. The van der Waals surface area contributed by atoms with Crippen LogP contribution in [0.5, 0.6) is 0 Å². The van der Waals surface area contributed by atoms with Gasteiger partial charge in [0.2, 0.25) is 0 Å². The number of rotatable bonds is 5. The van der Waals surface area contributed by atoms with Crippen molar-refractivity contribution in [3.05, 3.63) is 34.3 Å². The lowest BCUT2D eigenvalue weighted by Gasteiger charge is -2.22. The molecule has 1 aromatic rings. The molecule has 0 fully saturated rings. The first-order chi connectivity index (χ1) is 10.0. The maximum Gasteiger partial charge on any atom is 0.251 e. The third-order valence-corrected chi connectivity index (χ3v) is 3.96. The average molecular weight is 308 g/mol. The Hall–Kier alpha value is -1.50. The number of amides is 1. The molecule has 0 aromatic heterocycles. The van der Waals surface area contributed by atoms with Gasteiger partial charge >= 0.3 is 0 Å². The number of halogens is 1. The van der Waals surface area contributed by atoms with Crippen LogP contribution in [0, 0.1) is 17.8 Å². The second-order valence-corrected chi connectivity index (χ2v) is 5.40. The monoisotopic (exact) mass is 307 g/mol. The van der Waals surface area contributed by atoms with Crippen molar-refractivity contribution in [3.8, 4) is 11.8 Å². The Kier molecular flexibility index (Phi) is 7.28. The Morgan fingerprint density at radius 1 is 1.38 bits per heavy atom. The van der Waals surface area contributed by atoms with Gasteiger partial charge in [-0.25, -0.2) is 0 Å². The number of hydrogen-bond donors (Lipinski definition) is 2. The molecule has 0 saturated carbocycles. The Labute approximate surface area is 131 Å². The smallest absolute Gasteiger partial charge is 0.251 e. The second-order valence-electron chi connectivity index (χ2n) is 4.99. The third-order valence-electron chi connectivity index (χ3n) is 3.65. The maximum absolute atomic E-state index is 12.2. The molecule has 1 rings (SSSR count). The molecule has 1 aromatic carbocycles. The minimum absolute atomic E-state index is 0.125. The van der Waals surface area contributed by atoms with Crippen LogP contribution in [0.25, 0.3) is 0 Å². The largest absolute Gasteiger partial charge is 0.384 e. The van der Waals surface area contributed by atoms with Gasteiger partial charge in [-0.2, -0.15) is 0 Å². The lowest BCUT2D eigenvalue weighted by molar-refractivity contribution is 0.0925. The molecule has 0 radical (unpaired) electrons. The summed E-state index contributed by atoms with van der Waals surface area (Å²) in [7, 11) is 0. The Morgan fingerprint density at radius 2 is 2.05 bits per heavy atom. The van der Waals surface area contributed by atoms with Gasteiger partial charge in [0.1, 0.15) is 6.61 Å². The van der Waals surface area contributed by atoms with Crippen molar-refractivity contribution in [1.82, 2.24) is 5.32 Å². The summed E-state index contributed by atoms with van der Waals surface area (Å²) < 4.78 is 0. The van der Waals surface area contributed by atoms with Crippen molar-refractivity contribution in [1.29, 1.82) is 0 Å². The molecule has 4 heteroatoms. The van der Waals surface area contributed by atoms with Gasteiger partial charge in [-0.15, -0.1) is 0 Å². The van der Waals surface area contributed by atoms with Gasteiger partial charge < -0.3 is 10.4 Å². The fraction of sp³-hybridized carbons (Fsp3) is 0.471. The van der Waals surface area contributed by atoms with E-state index in [0.717, 1.165) is 12.8 Å². The van der Waals surface area contributed by atoms with E-state index in [9.17, 15) is 4.79 Å². The molecule has 1 unspecified atom stereocenters. The first-order valence-electron chi connectivity index (χ1n) is 7.23. The topological polar surface area (TPSA) is 49.3 Å². The Morgan fingerprint density at radius 3 is 2.57 bits per heavy atom. The van der Waals surface area contributed by atoms with Crippen LogP contribution in [-0.4, -0.2) is 23.7 Å². The van der Waals surface area contributed by atoms with Crippen LogP contribution in [0.15, 0.2) is 18.2 Å². The average Bonchev–Trinajstić information content (AvgIpc) is 2.47. The minimum atomic E-state index is -0.217. The van der Waals surface area contributed by atoms with Gasteiger partial charge in [0.05, 0.1) is 5.02 Å². The number of hydrogen-bond acceptors (Lipinski definition) is 2. The molecule has 114 valence electrons. The van der Waals surface area contributed by atoms with Crippen LogP contribution in [0.2, 0.25) is 5.02 Å². The number of nitrogens with one attached hydrogen (secondary N) is 1. The summed E-state index contributed by atoms with van der Waals surface area (Å²) in [5.74, 6) is 5.62. The summed E-state index contributed by atoms with van der Waals surface area (Å²) in [4.78, 5) is 12.2. The lowest BCUT2D eigenvalue weighted by atomic mass is 9.95. The van der Waals surface area contributed by atoms with Crippen molar-refractivity contribution in [2.24, 2.45) is 5.92 Å².